The summed E-state index contributed by atoms with van der Waals surface area (Å²) in [7, 11) is 1.63. The van der Waals surface area contributed by atoms with Gasteiger partial charge in [-0.15, -0.1) is 0 Å². The van der Waals surface area contributed by atoms with E-state index in [2.05, 4.69) is 25.2 Å². The fourth-order valence-electron chi connectivity index (χ4n) is 3.43. The van der Waals surface area contributed by atoms with Crippen molar-refractivity contribution in [1.82, 2.24) is 20.3 Å². The monoisotopic (exact) mass is 381 g/mol. The first kappa shape index (κ1) is 17.8. The molecule has 0 bridgehead atoms. The maximum absolute atomic E-state index is 12.6. The Morgan fingerprint density at radius 3 is 2.93 bits per heavy atom. The first-order chi connectivity index (χ1) is 13.5. The number of amides is 1. The lowest BCUT2D eigenvalue weighted by atomic mass is 10.2. The van der Waals surface area contributed by atoms with Crippen molar-refractivity contribution in [3.8, 4) is 5.75 Å². The van der Waals surface area contributed by atoms with Crippen molar-refractivity contribution >= 4 is 22.6 Å². The highest BCUT2D eigenvalue weighted by Crippen LogP contribution is 2.30. The summed E-state index contributed by atoms with van der Waals surface area (Å²) in [5.41, 5.74) is 0.188. The average Bonchev–Trinajstić information content (AvgIpc) is 3.15. The normalized spacial score (nSPS) is 16.3. The number of rotatable bonds is 4. The van der Waals surface area contributed by atoms with Gasteiger partial charge in [0.25, 0.3) is 11.5 Å². The standard InChI is InChI=1S/C19H19N5O4/c1-28-15-5-3-2-4-14(15)24-7-6-12(10-24)21-17(25)11-8-13-16(20-9-11)22-19(27)23-18(13)26/h2-5,8-9,12H,6-7,10H2,1H3,(H,21,25)(H2,20,22,23,26,27). The lowest BCUT2D eigenvalue weighted by Gasteiger charge is -2.21. The summed E-state index contributed by atoms with van der Waals surface area (Å²) in [5.74, 6) is 0.480. The van der Waals surface area contributed by atoms with Crippen molar-refractivity contribution in [1.29, 1.82) is 0 Å². The number of nitrogens with one attached hydrogen (secondary N) is 3. The van der Waals surface area contributed by atoms with Crippen LogP contribution in [0.2, 0.25) is 0 Å². The molecule has 1 aromatic carbocycles. The Morgan fingerprint density at radius 1 is 1.29 bits per heavy atom. The molecule has 1 amide bonds. The number of nitrogens with zero attached hydrogens (tertiary/aromatic N) is 2. The van der Waals surface area contributed by atoms with Crippen molar-refractivity contribution in [3.63, 3.8) is 0 Å². The van der Waals surface area contributed by atoms with Crippen LogP contribution in [0.3, 0.4) is 0 Å². The van der Waals surface area contributed by atoms with E-state index in [-0.39, 0.29) is 28.5 Å². The van der Waals surface area contributed by atoms with E-state index in [0.717, 1.165) is 24.4 Å². The Labute approximate surface area is 159 Å². The van der Waals surface area contributed by atoms with Gasteiger partial charge in [0.2, 0.25) is 0 Å². The number of aromatic nitrogens is 3. The highest BCUT2D eigenvalue weighted by molar-refractivity contribution is 5.96. The van der Waals surface area contributed by atoms with Gasteiger partial charge in [-0.2, -0.15) is 0 Å². The van der Waals surface area contributed by atoms with E-state index >= 15 is 0 Å². The molecule has 1 aliphatic rings. The first-order valence-corrected chi connectivity index (χ1v) is 8.86. The second-order valence-electron chi connectivity index (χ2n) is 6.61. The van der Waals surface area contributed by atoms with E-state index in [1.54, 1.807) is 7.11 Å². The number of anilines is 1. The van der Waals surface area contributed by atoms with Crippen LogP contribution in [0.25, 0.3) is 11.0 Å². The smallest absolute Gasteiger partial charge is 0.327 e. The molecule has 0 saturated carbocycles. The number of hydrogen-bond acceptors (Lipinski definition) is 6. The maximum Gasteiger partial charge on any atom is 0.327 e. The van der Waals surface area contributed by atoms with Gasteiger partial charge < -0.3 is 15.0 Å². The number of benzene rings is 1. The van der Waals surface area contributed by atoms with Gasteiger partial charge in [0.1, 0.15) is 11.4 Å². The molecule has 1 aliphatic heterocycles. The minimum Gasteiger partial charge on any atom is -0.495 e. The molecule has 1 saturated heterocycles. The number of pyridine rings is 1. The largest absolute Gasteiger partial charge is 0.495 e. The van der Waals surface area contributed by atoms with Gasteiger partial charge in [-0.25, -0.2) is 9.78 Å². The molecular formula is C19H19N5O4. The fraction of sp³-hybridized carbons (Fsp3) is 0.263. The summed E-state index contributed by atoms with van der Waals surface area (Å²) < 4.78 is 5.41. The zero-order chi connectivity index (χ0) is 19.7. The van der Waals surface area contributed by atoms with E-state index in [0.29, 0.717) is 6.54 Å². The Balaban J connectivity index is 1.49. The van der Waals surface area contributed by atoms with Crippen LogP contribution in [0, 0.1) is 0 Å². The maximum atomic E-state index is 12.6. The Kier molecular flexibility index (Phi) is 4.56. The molecule has 0 spiro atoms. The van der Waals surface area contributed by atoms with Gasteiger partial charge in [-0.1, -0.05) is 12.1 Å². The molecule has 9 nitrogen and oxygen atoms in total. The molecule has 9 heteroatoms. The quantitative estimate of drug-likeness (QED) is 0.610. The summed E-state index contributed by atoms with van der Waals surface area (Å²) in [6, 6.07) is 9.15. The molecule has 1 unspecified atom stereocenters. The summed E-state index contributed by atoms with van der Waals surface area (Å²) in [5, 5.41) is 3.14. The third-order valence-corrected chi connectivity index (χ3v) is 4.80. The number of H-pyrrole nitrogens is 2. The second-order valence-corrected chi connectivity index (χ2v) is 6.61. The zero-order valence-corrected chi connectivity index (χ0v) is 15.2. The molecule has 3 N–H and O–H groups in total. The Morgan fingerprint density at radius 2 is 2.11 bits per heavy atom. The van der Waals surface area contributed by atoms with Gasteiger partial charge >= 0.3 is 5.69 Å². The van der Waals surface area contributed by atoms with E-state index < -0.39 is 11.2 Å². The number of hydrogen-bond donors (Lipinski definition) is 3. The molecule has 0 aliphatic carbocycles. The van der Waals surface area contributed by atoms with Crippen LogP contribution in [-0.4, -0.2) is 47.1 Å². The molecule has 4 rings (SSSR count). The Bertz CT molecular complexity index is 1150. The molecule has 0 radical (unpaired) electrons. The van der Waals surface area contributed by atoms with Crippen molar-refractivity contribution in [2.75, 3.05) is 25.1 Å². The van der Waals surface area contributed by atoms with Crippen LogP contribution in [-0.2, 0) is 0 Å². The highest BCUT2D eigenvalue weighted by atomic mass is 16.5. The molecule has 3 heterocycles. The second kappa shape index (κ2) is 7.18. The van der Waals surface area contributed by atoms with Crippen LogP contribution in [0.15, 0.2) is 46.1 Å². The summed E-state index contributed by atoms with van der Waals surface area (Å²) in [6.07, 6.45) is 2.14. The van der Waals surface area contributed by atoms with Crippen LogP contribution in [0.1, 0.15) is 16.8 Å². The van der Waals surface area contributed by atoms with Gasteiger partial charge in [-0.05, 0) is 24.6 Å². The fourth-order valence-corrected chi connectivity index (χ4v) is 3.43. The average molecular weight is 381 g/mol. The molecule has 3 aromatic rings. The Hall–Kier alpha value is -3.62. The van der Waals surface area contributed by atoms with Crippen molar-refractivity contribution in [3.05, 3.63) is 62.9 Å². The van der Waals surface area contributed by atoms with Crippen molar-refractivity contribution < 1.29 is 9.53 Å². The molecule has 1 fully saturated rings. The number of fused-ring (bicyclic) bond motifs is 1. The van der Waals surface area contributed by atoms with Gasteiger partial charge in [-0.3, -0.25) is 19.6 Å². The number of aromatic amines is 2. The number of para-hydroxylation sites is 2. The third kappa shape index (κ3) is 3.34. The zero-order valence-electron chi connectivity index (χ0n) is 15.2. The summed E-state index contributed by atoms with van der Waals surface area (Å²) in [4.78, 5) is 46.6. The van der Waals surface area contributed by atoms with Crippen LogP contribution < -0.4 is 26.2 Å². The summed E-state index contributed by atoms with van der Waals surface area (Å²) in [6.45, 7) is 1.45. The van der Waals surface area contributed by atoms with E-state index in [4.69, 9.17) is 4.74 Å². The van der Waals surface area contributed by atoms with Crippen molar-refractivity contribution in [2.45, 2.75) is 12.5 Å². The number of carbonyl (C=O) groups is 1. The predicted octanol–water partition coefficient (Wildman–Crippen LogP) is 0.629. The predicted molar refractivity (Wildman–Crippen MR) is 104 cm³/mol. The highest BCUT2D eigenvalue weighted by Gasteiger charge is 2.26. The van der Waals surface area contributed by atoms with E-state index in [1.165, 1.54) is 12.3 Å². The lowest BCUT2D eigenvalue weighted by molar-refractivity contribution is 0.0940. The molecule has 28 heavy (non-hydrogen) atoms. The number of ether oxygens (including phenoxy) is 1. The van der Waals surface area contributed by atoms with Crippen molar-refractivity contribution in [2.24, 2.45) is 0 Å². The topological polar surface area (TPSA) is 120 Å². The third-order valence-electron chi connectivity index (χ3n) is 4.80. The van der Waals surface area contributed by atoms with Crippen LogP contribution >= 0.6 is 0 Å². The van der Waals surface area contributed by atoms with Crippen LogP contribution in [0.5, 0.6) is 5.75 Å². The summed E-state index contributed by atoms with van der Waals surface area (Å²) >= 11 is 0. The number of methoxy groups -OCH3 is 1. The minimum atomic E-state index is -0.635. The van der Waals surface area contributed by atoms with Gasteiger partial charge in [0, 0.05) is 25.3 Å². The van der Waals surface area contributed by atoms with Gasteiger partial charge in [0.15, 0.2) is 0 Å². The van der Waals surface area contributed by atoms with Crippen LogP contribution in [0.4, 0.5) is 5.69 Å². The molecule has 2 aromatic heterocycles. The number of carbonyl (C=O) groups excluding carboxylic acids is 1. The minimum absolute atomic E-state index is 0.0398. The lowest BCUT2D eigenvalue weighted by Crippen LogP contribution is -2.37. The molecule has 1 atom stereocenters. The molecular weight excluding hydrogens is 362 g/mol. The van der Waals surface area contributed by atoms with E-state index in [1.807, 2.05) is 24.3 Å². The van der Waals surface area contributed by atoms with Gasteiger partial charge in [0.05, 0.1) is 23.7 Å². The molecule has 144 valence electrons. The van der Waals surface area contributed by atoms with E-state index in [9.17, 15) is 14.4 Å². The first-order valence-electron chi connectivity index (χ1n) is 8.86. The SMILES string of the molecule is COc1ccccc1N1CCC(NC(=O)c2cnc3[nH]c(=O)[nH]c(=O)c3c2)C1.